The van der Waals surface area contributed by atoms with Crippen LogP contribution in [0.25, 0.3) is 0 Å². The number of nitrogens with zero attached hydrogens (tertiary/aromatic N) is 2. The minimum absolute atomic E-state index is 0.197. The van der Waals surface area contributed by atoms with E-state index in [1.54, 1.807) is 0 Å². The van der Waals surface area contributed by atoms with Gasteiger partial charge in [0.15, 0.2) is 5.96 Å². The molecule has 2 rings (SSSR count). The third-order valence-corrected chi connectivity index (χ3v) is 3.26. The second kappa shape index (κ2) is 4.17. The predicted octanol–water partition coefficient (Wildman–Crippen LogP) is 2.30. The topological polar surface area (TPSA) is 27.6 Å². The van der Waals surface area contributed by atoms with Crippen LogP contribution in [0.5, 0.6) is 0 Å². The molecular weight excluding hydrogens is 243 g/mol. The van der Waals surface area contributed by atoms with Crippen molar-refractivity contribution in [2.45, 2.75) is 58.0 Å². The van der Waals surface area contributed by atoms with Crippen LogP contribution in [0.2, 0.25) is 0 Å². The highest BCUT2D eigenvalue weighted by Gasteiger charge is 2.51. The number of rotatable bonds is 2. The van der Waals surface area contributed by atoms with Crippen molar-refractivity contribution in [1.29, 1.82) is 0 Å². The molecule has 3 nitrogen and oxygen atoms in total. The zero-order valence-corrected chi connectivity index (χ0v) is 10.9. The van der Waals surface area contributed by atoms with Gasteiger partial charge < -0.3 is 10.2 Å². The summed E-state index contributed by atoms with van der Waals surface area (Å²) in [5, 5.41) is 3.05. The van der Waals surface area contributed by atoms with Gasteiger partial charge in [0, 0.05) is 12.1 Å². The molecule has 0 saturated carbocycles. The Morgan fingerprint density at radius 3 is 2.22 bits per heavy atom. The first kappa shape index (κ1) is 13.2. The molecule has 0 radical (unpaired) electrons. The maximum atomic E-state index is 12.6. The Labute approximate surface area is 105 Å². The summed E-state index contributed by atoms with van der Waals surface area (Å²) in [6, 6.07) is -0.664. The lowest BCUT2D eigenvalue weighted by Gasteiger charge is -2.33. The Morgan fingerprint density at radius 1 is 1.22 bits per heavy atom. The van der Waals surface area contributed by atoms with E-state index in [1.165, 1.54) is 6.08 Å². The van der Waals surface area contributed by atoms with Crippen LogP contribution in [0.3, 0.4) is 0 Å². The van der Waals surface area contributed by atoms with E-state index in [9.17, 15) is 13.2 Å². The highest BCUT2D eigenvalue weighted by atomic mass is 19.4. The molecule has 18 heavy (non-hydrogen) atoms. The third-order valence-electron chi connectivity index (χ3n) is 3.26. The molecule has 0 aromatic rings. The monoisotopic (exact) mass is 261 g/mol. The largest absolute Gasteiger partial charge is 0.414 e. The molecule has 0 aromatic heterocycles. The van der Waals surface area contributed by atoms with Gasteiger partial charge in [-0.1, -0.05) is 0 Å². The molecule has 1 heterocycles. The summed E-state index contributed by atoms with van der Waals surface area (Å²) >= 11 is 0. The van der Waals surface area contributed by atoms with Gasteiger partial charge in [0.2, 0.25) is 0 Å². The second-order valence-corrected chi connectivity index (χ2v) is 5.28. The molecule has 0 spiro atoms. The zero-order chi connectivity index (χ0) is 13.7. The quantitative estimate of drug-likeness (QED) is 0.772. The lowest BCUT2D eigenvalue weighted by atomic mass is 9.88. The summed E-state index contributed by atoms with van der Waals surface area (Å²) < 4.78 is 37.8. The average molecular weight is 261 g/mol. The molecule has 2 aliphatic rings. The second-order valence-electron chi connectivity index (χ2n) is 5.28. The Bertz CT molecular complexity index is 388. The van der Waals surface area contributed by atoms with Crippen molar-refractivity contribution in [1.82, 2.24) is 10.2 Å². The molecule has 1 N–H and O–H groups in total. The molecule has 0 aromatic carbocycles. The van der Waals surface area contributed by atoms with Gasteiger partial charge >= 0.3 is 6.18 Å². The van der Waals surface area contributed by atoms with Crippen molar-refractivity contribution in [3.8, 4) is 0 Å². The van der Waals surface area contributed by atoms with E-state index in [1.807, 2.05) is 32.6 Å². The molecule has 1 aliphatic heterocycles. The van der Waals surface area contributed by atoms with Crippen LogP contribution in [0.15, 0.2) is 16.6 Å². The minimum atomic E-state index is -4.26. The van der Waals surface area contributed by atoms with Gasteiger partial charge in [-0.2, -0.15) is 13.2 Å². The fourth-order valence-corrected chi connectivity index (χ4v) is 2.54. The first-order valence-corrected chi connectivity index (χ1v) is 6.13. The summed E-state index contributed by atoms with van der Waals surface area (Å²) in [6.07, 6.45) is -3.04. The lowest BCUT2D eigenvalue weighted by Crippen LogP contribution is -2.51. The predicted molar refractivity (Wildman–Crippen MR) is 64.4 cm³/mol. The first-order chi connectivity index (χ1) is 8.21. The zero-order valence-electron chi connectivity index (χ0n) is 10.9. The van der Waals surface area contributed by atoms with Crippen molar-refractivity contribution >= 4 is 5.96 Å². The highest BCUT2D eigenvalue weighted by Crippen LogP contribution is 2.39. The molecule has 2 atom stereocenters. The van der Waals surface area contributed by atoms with Crippen LogP contribution < -0.4 is 5.32 Å². The molecule has 0 fully saturated rings. The van der Waals surface area contributed by atoms with E-state index in [-0.39, 0.29) is 18.1 Å². The number of halogens is 3. The third kappa shape index (κ3) is 2.08. The van der Waals surface area contributed by atoms with E-state index in [0.29, 0.717) is 5.96 Å². The van der Waals surface area contributed by atoms with Crippen molar-refractivity contribution < 1.29 is 13.2 Å². The van der Waals surface area contributed by atoms with Gasteiger partial charge in [-0.3, -0.25) is 0 Å². The van der Waals surface area contributed by atoms with Crippen LogP contribution in [0.1, 0.15) is 27.7 Å². The van der Waals surface area contributed by atoms with E-state index in [2.05, 4.69) is 10.3 Å². The van der Waals surface area contributed by atoms with Crippen molar-refractivity contribution in [3.63, 3.8) is 0 Å². The SMILES string of the molecule is CC(C)N(C1=NC2C(C(F)(F)F)=CC2N1)C(C)C. The van der Waals surface area contributed by atoms with Crippen LogP contribution in [0, 0.1) is 0 Å². The average Bonchev–Trinajstić information content (AvgIpc) is 2.42. The van der Waals surface area contributed by atoms with Crippen LogP contribution in [0.4, 0.5) is 13.2 Å². The number of nitrogens with one attached hydrogen (secondary N) is 1. The molecule has 2 unspecified atom stereocenters. The molecule has 102 valence electrons. The summed E-state index contributed by atoms with van der Waals surface area (Å²) in [5.74, 6) is 0.575. The first-order valence-electron chi connectivity index (χ1n) is 6.13. The van der Waals surface area contributed by atoms with Gasteiger partial charge in [-0.25, -0.2) is 4.99 Å². The van der Waals surface area contributed by atoms with Gasteiger partial charge in [0.1, 0.15) is 6.04 Å². The van der Waals surface area contributed by atoms with Crippen molar-refractivity contribution in [2.75, 3.05) is 0 Å². The van der Waals surface area contributed by atoms with Crippen molar-refractivity contribution in [3.05, 3.63) is 11.6 Å². The molecule has 0 saturated heterocycles. The van der Waals surface area contributed by atoms with Gasteiger partial charge in [0.25, 0.3) is 0 Å². The fourth-order valence-electron chi connectivity index (χ4n) is 2.54. The summed E-state index contributed by atoms with van der Waals surface area (Å²) in [4.78, 5) is 6.19. The van der Waals surface area contributed by atoms with E-state index in [0.717, 1.165) is 0 Å². The molecule has 0 amide bonds. The Morgan fingerprint density at radius 2 is 1.78 bits per heavy atom. The normalized spacial score (nSPS) is 26.5. The van der Waals surface area contributed by atoms with E-state index >= 15 is 0 Å². The molecule has 1 aliphatic carbocycles. The maximum Gasteiger partial charge on any atom is 0.414 e. The van der Waals surface area contributed by atoms with Gasteiger partial charge in [0.05, 0.1) is 11.6 Å². The van der Waals surface area contributed by atoms with Gasteiger partial charge in [-0.15, -0.1) is 0 Å². The number of aliphatic imine (C=N–C) groups is 1. The number of guanidine groups is 1. The summed E-state index contributed by atoms with van der Waals surface area (Å²) in [6.45, 7) is 8.01. The van der Waals surface area contributed by atoms with E-state index < -0.39 is 17.8 Å². The smallest absolute Gasteiger partial charge is 0.347 e. The Kier molecular flexibility index (Phi) is 3.07. The lowest BCUT2D eigenvalue weighted by molar-refractivity contribution is -0.0994. The molecule has 0 bridgehead atoms. The number of fused-ring (bicyclic) bond motifs is 1. The minimum Gasteiger partial charge on any atom is -0.347 e. The Hall–Kier alpha value is -1.20. The maximum absolute atomic E-state index is 12.6. The molecule has 6 heteroatoms. The van der Waals surface area contributed by atoms with Gasteiger partial charge in [-0.05, 0) is 33.8 Å². The van der Waals surface area contributed by atoms with Crippen molar-refractivity contribution in [2.24, 2.45) is 4.99 Å². The van der Waals surface area contributed by atoms with E-state index in [4.69, 9.17) is 0 Å². The van der Waals surface area contributed by atoms with Crippen LogP contribution in [-0.4, -0.2) is 41.2 Å². The summed E-state index contributed by atoms with van der Waals surface area (Å²) in [5.41, 5.74) is -0.525. The Balaban J connectivity index is 2.15. The van der Waals surface area contributed by atoms with Crippen LogP contribution >= 0.6 is 0 Å². The highest BCUT2D eigenvalue weighted by molar-refractivity contribution is 5.85. The number of hydrogen-bond acceptors (Lipinski definition) is 3. The molecular formula is C12H18F3N3. The fraction of sp³-hybridized carbons (Fsp3) is 0.750. The summed E-state index contributed by atoms with van der Waals surface area (Å²) in [7, 11) is 0. The number of hydrogen-bond donors (Lipinski definition) is 1. The van der Waals surface area contributed by atoms with Crippen LogP contribution in [-0.2, 0) is 0 Å². The standard InChI is InChI=1S/C12H18F3N3/c1-6(2)18(7(3)4)11-16-9-5-8(10(9)17-11)12(13,14)15/h5-7,9-10H,1-4H3,(H,16,17). The number of alkyl halides is 3.